The fraction of sp³-hybridized carbons (Fsp3) is 0.250. The zero-order valence-corrected chi connectivity index (χ0v) is 13.5. The van der Waals surface area contributed by atoms with E-state index in [9.17, 15) is 0 Å². The van der Waals surface area contributed by atoms with E-state index in [0.29, 0.717) is 13.2 Å². The van der Waals surface area contributed by atoms with Crippen molar-refractivity contribution in [3.05, 3.63) is 65.9 Å². The summed E-state index contributed by atoms with van der Waals surface area (Å²) >= 11 is 0. The Kier molecular flexibility index (Phi) is 2.92. The summed E-state index contributed by atoms with van der Waals surface area (Å²) in [7, 11) is 2.09. The Bertz CT molecular complexity index is 957. The summed E-state index contributed by atoms with van der Waals surface area (Å²) in [4.78, 5) is 5.43. The van der Waals surface area contributed by atoms with Gasteiger partial charge in [-0.2, -0.15) is 0 Å². The van der Waals surface area contributed by atoms with E-state index in [1.54, 1.807) is 0 Å². The lowest BCUT2D eigenvalue weighted by Crippen LogP contribution is -2.23. The molecule has 2 aliphatic heterocycles. The van der Waals surface area contributed by atoms with E-state index in [2.05, 4.69) is 65.4 Å². The molecule has 120 valence electrons. The maximum absolute atomic E-state index is 6.07. The third-order valence-electron chi connectivity index (χ3n) is 5.07. The monoisotopic (exact) mass is 318 g/mol. The molecule has 5 rings (SSSR count). The number of aromatic nitrogens is 1. The highest BCUT2D eigenvalue weighted by Crippen LogP contribution is 2.42. The van der Waals surface area contributed by atoms with Crippen molar-refractivity contribution in [1.82, 2.24) is 4.57 Å². The fourth-order valence-corrected chi connectivity index (χ4v) is 3.91. The van der Waals surface area contributed by atoms with E-state index in [1.165, 1.54) is 22.0 Å². The molecule has 0 N–H and O–H groups in total. The number of oxime groups is 1. The molecule has 1 aromatic heterocycles. The van der Waals surface area contributed by atoms with Crippen LogP contribution in [-0.4, -0.2) is 23.5 Å². The number of benzene rings is 2. The van der Waals surface area contributed by atoms with Crippen molar-refractivity contribution in [1.29, 1.82) is 0 Å². The number of nitrogens with zero attached hydrogens (tertiary/aromatic N) is 2. The standard InChI is InChI=1S/C20H18N2O2/c1-22-10-16(14-6-2-4-8-17(14)22)19-15-7-3-5-9-18(15)23-11-13-12-24-21-20(13)19/h2-10,13,19H,11-12H2,1H3/t13-,19-/m0/s1. The first-order valence-corrected chi connectivity index (χ1v) is 8.28. The van der Waals surface area contributed by atoms with E-state index < -0.39 is 0 Å². The van der Waals surface area contributed by atoms with Gasteiger partial charge >= 0.3 is 0 Å². The van der Waals surface area contributed by atoms with Crippen LogP contribution in [-0.2, 0) is 11.9 Å². The second-order valence-electron chi connectivity index (χ2n) is 6.50. The van der Waals surface area contributed by atoms with Crippen molar-refractivity contribution in [2.75, 3.05) is 13.2 Å². The predicted molar refractivity (Wildman–Crippen MR) is 93.6 cm³/mol. The Morgan fingerprint density at radius 3 is 2.79 bits per heavy atom. The number of aryl methyl sites for hydroxylation is 1. The maximum atomic E-state index is 6.07. The maximum Gasteiger partial charge on any atom is 0.128 e. The number of hydrogen-bond acceptors (Lipinski definition) is 3. The van der Waals surface area contributed by atoms with Crippen LogP contribution < -0.4 is 4.74 Å². The molecule has 0 bridgehead atoms. The first-order chi connectivity index (χ1) is 11.8. The van der Waals surface area contributed by atoms with Gasteiger partial charge in [0.25, 0.3) is 0 Å². The lowest BCUT2D eigenvalue weighted by atomic mass is 9.82. The molecule has 2 atom stereocenters. The average Bonchev–Trinajstić information content (AvgIpc) is 3.17. The van der Waals surface area contributed by atoms with Crippen molar-refractivity contribution in [2.45, 2.75) is 5.92 Å². The minimum absolute atomic E-state index is 0.0716. The second-order valence-corrected chi connectivity index (χ2v) is 6.50. The molecule has 0 saturated carbocycles. The molecule has 0 spiro atoms. The summed E-state index contributed by atoms with van der Waals surface area (Å²) in [6.07, 6.45) is 2.22. The molecule has 0 saturated heterocycles. The van der Waals surface area contributed by atoms with Gasteiger partial charge in [-0.3, -0.25) is 0 Å². The summed E-state index contributed by atoms with van der Waals surface area (Å²) in [5.74, 6) is 1.23. The normalized spacial score (nSPS) is 22.1. The Hall–Kier alpha value is -2.75. The number of fused-ring (bicyclic) bond motifs is 3. The Morgan fingerprint density at radius 1 is 1.00 bits per heavy atom. The Balaban J connectivity index is 1.80. The van der Waals surface area contributed by atoms with Gasteiger partial charge in [0, 0.05) is 29.7 Å². The van der Waals surface area contributed by atoms with E-state index >= 15 is 0 Å². The molecule has 24 heavy (non-hydrogen) atoms. The summed E-state index contributed by atoms with van der Waals surface area (Å²) < 4.78 is 8.25. The topological polar surface area (TPSA) is 35.8 Å². The molecule has 4 nitrogen and oxygen atoms in total. The van der Waals surface area contributed by atoms with Crippen LogP contribution in [0.25, 0.3) is 10.9 Å². The zero-order chi connectivity index (χ0) is 16.1. The number of ether oxygens (including phenoxy) is 1. The van der Waals surface area contributed by atoms with Gasteiger partial charge in [0.2, 0.25) is 0 Å². The molecule has 3 aromatic rings. The quantitative estimate of drug-likeness (QED) is 0.686. The predicted octanol–water partition coefficient (Wildman–Crippen LogP) is 3.71. The van der Waals surface area contributed by atoms with Crippen LogP contribution in [0, 0.1) is 5.92 Å². The van der Waals surface area contributed by atoms with Crippen LogP contribution in [0.4, 0.5) is 0 Å². The van der Waals surface area contributed by atoms with Gasteiger partial charge in [0.15, 0.2) is 0 Å². The fourth-order valence-electron chi connectivity index (χ4n) is 3.91. The first kappa shape index (κ1) is 13.7. The van der Waals surface area contributed by atoms with E-state index in [0.717, 1.165) is 11.5 Å². The van der Waals surface area contributed by atoms with Crippen LogP contribution in [0.1, 0.15) is 17.0 Å². The highest BCUT2D eigenvalue weighted by Gasteiger charge is 2.38. The number of hydrogen-bond donors (Lipinski definition) is 0. The first-order valence-electron chi connectivity index (χ1n) is 8.28. The highest BCUT2D eigenvalue weighted by molar-refractivity contribution is 6.01. The van der Waals surface area contributed by atoms with E-state index in [4.69, 9.17) is 9.57 Å². The van der Waals surface area contributed by atoms with Crippen molar-refractivity contribution >= 4 is 16.6 Å². The van der Waals surface area contributed by atoms with Crippen LogP contribution in [0.15, 0.2) is 59.9 Å². The molecular weight excluding hydrogens is 300 g/mol. The lowest BCUT2D eigenvalue weighted by Gasteiger charge is -2.17. The SMILES string of the molecule is Cn1cc([C@H]2C3=NOC[C@@H]3COc3ccccc32)c2ccccc21. The van der Waals surface area contributed by atoms with Crippen molar-refractivity contribution in [2.24, 2.45) is 18.1 Å². The van der Waals surface area contributed by atoms with Crippen LogP contribution in [0.5, 0.6) is 5.75 Å². The van der Waals surface area contributed by atoms with Crippen LogP contribution in [0.2, 0.25) is 0 Å². The smallest absolute Gasteiger partial charge is 0.128 e. The number of rotatable bonds is 1. The second kappa shape index (κ2) is 5.13. The van der Waals surface area contributed by atoms with Gasteiger partial charge < -0.3 is 14.1 Å². The molecule has 2 aromatic carbocycles. The molecule has 3 heterocycles. The van der Waals surface area contributed by atoms with E-state index in [-0.39, 0.29) is 11.8 Å². The zero-order valence-electron chi connectivity index (χ0n) is 13.5. The van der Waals surface area contributed by atoms with Gasteiger partial charge in [-0.15, -0.1) is 0 Å². The van der Waals surface area contributed by atoms with Crippen LogP contribution >= 0.6 is 0 Å². The molecular formula is C20H18N2O2. The minimum atomic E-state index is 0.0716. The third-order valence-corrected chi connectivity index (χ3v) is 5.07. The lowest BCUT2D eigenvalue weighted by molar-refractivity contribution is 0.137. The Morgan fingerprint density at radius 2 is 1.83 bits per heavy atom. The van der Waals surface area contributed by atoms with Gasteiger partial charge in [-0.1, -0.05) is 41.6 Å². The molecule has 0 aliphatic carbocycles. The molecule has 2 aliphatic rings. The summed E-state index contributed by atoms with van der Waals surface area (Å²) in [6.45, 7) is 1.22. The molecule has 0 amide bonds. The molecule has 4 heteroatoms. The molecule has 0 fully saturated rings. The summed E-state index contributed by atoms with van der Waals surface area (Å²) in [5, 5.41) is 5.68. The average molecular weight is 318 g/mol. The van der Waals surface area contributed by atoms with Crippen LogP contribution in [0.3, 0.4) is 0 Å². The van der Waals surface area contributed by atoms with Crippen molar-refractivity contribution in [3.63, 3.8) is 0 Å². The third kappa shape index (κ3) is 1.89. The summed E-state index contributed by atoms with van der Waals surface area (Å²) in [5.41, 5.74) is 4.74. The van der Waals surface area contributed by atoms with Gasteiger partial charge in [0.05, 0.1) is 24.2 Å². The van der Waals surface area contributed by atoms with Gasteiger partial charge in [-0.05, 0) is 17.7 Å². The minimum Gasteiger partial charge on any atom is -0.492 e. The Labute approximate surface area is 140 Å². The number of para-hydroxylation sites is 2. The van der Waals surface area contributed by atoms with Gasteiger partial charge in [-0.25, -0.2) is 0 Å². The highest BCUT2D eigenvalue weighted by atomic mass is 16.6. The largest absolute Gasteiger partial charge is 0.492 e. The molecule has 0 radical (unpaired) electrons. The summed E-state index contributed by atoms with van der Waals surface area (Å²) in [6, 6.07) is 16.8. The molecule has 0 unspecified atom stereocenters. The van der Waals surface area contributed by atoms with E-state index in [1.807, 2.05) is 6.07 Å². The van der Waals surface area contributed by atoms with Crippen molar-refractivity contribution in [3.8, 4) is 5.75 Å². The van der Waals surface area contributed by atoms with Gasteiger partial charge in [0.1, 0.15) is 12.4 Å². The van der Waals surface area contributed by atoms with Crippen molar-refractivity contribution < 1.29 is 9.57 Å².